The predicted molar refractivity (Wildman–Crippen MR) is 122 cm³/mol. The molecule has 0 aliphatic carbocycles. The smallest absolute Gasteiger partial charge is 0.274 e. The highest BCUT2D eigenvalue weighted by atomic mass is 32.1. The van der Waals surface area contributed by atoms with E-state index >= 15 is 0 Å². The molecule has 4 heterocycles. The molecule has 9 heteroatoms. The summed E-state index contributed by atoms with van der Waals surface area (Å²) in [5.41, 5.74) is 1.42. The Morgan fingerprint density at radius 1 is 1.28 bits per heavy atom. The van der Waals surface area contributed by atoms with Gasteiger partial charge in [0.15, 0.2) is 0 Å². The Morgan fingerprint density at radius 2 is 2.16 bits per heavy atom. The van der Waals surface area contributed by atoms with Crippen LogP contribution >= 0.6 is 11.3 Å². The average molecular weight is 450 g/mol. The van der Waals surface area contributed by atoms with E-state index in [-0.39, 0.29) is 17.7 Å². The third-order valence-corrected chi connectivity index (χ3v) is 6.96. The van der Waals surface area contributed by atoms with Crippen molar-refractivity contribution in [1.29, 1.82) is 0 Å². The highest BCUT2D eigenvalue weighted by molar-refractivity contribution is 7.21. The Morgan fingerprint density at radius 3 is 3.00 bits per heavy atom. The van der Waals surface area contributed by atoms with Crippen LogP contribution in [0.25, 0.3) is 15.9 Å². The third kappa shape index (κ3) is 3.74. The number of benzene rings is 1. The maximum absolute atomic E-state index is 13.1. The largest absolute Gasteiger partial charge is 0.383 e. The highest BCUT2D eigenvalue weighted by Crippen LogP contribution is 2.40. The van der Waals surface area contributed by atoms with E-state index in [9.17, 15) is 9.59 Å². The Bertz CT molecular complexity index is 1260. The van der Waals surface area contributed by atoms with Crippen molar-refractivity contribution in [3.8, 4) is 0 Å². The van der Waals surface area contributed by atoms with E-state index in [1.807, 2.05) is 29.3 Å². The van der Waals surface area contributed by atoms with Gasteiger partial charge < -0.3 is 15.0 Å². The molecule has 1 aliphatic heterocycles. The number of thiophene rings is 1. The molecule has 1 atom stereocenters. The molecule has 3 aromatic heterocycles. The molecule has 8 nitrogen and oxygen atoms in total. The minimum atomic E-state index is -0.108. The first-order chi connectivity index (χ1) is 15.7. The molecule has 164 valence electrons. The fraction of sp³-hybridized carbons (Fsp3) is 0.304. The number of amides is 2. The molecule has 0 unspecified atom stereocenters. The lowest BCUT2D eigenvalue weighted by molar-refractivity contribution is 0.0785. The topological polar surface area (TPSA) is 88.8 Å². The number of carbonyl (C=O) groups excluding carboxylic acids is 2. The van der Waals surface area contributed by atoms with Gasteiger partial charge in [0.25, 0.3) is 11.8 Å². The van der Waals surface area contributed by atoms with Gasteiger partial charge >= 0.3 is 0 Å². The molecule has 4 aromatic rings. The molecule has 1 fully saturated rings. The summed E-state index contributed by atoms with van der Waals surface area (Å²) in [7, 11) is 1.61. The van der Waals surface area contributed by atoms with Gasteiger partial charge in [-0.3, -0.25) is 14.0 Å². The zero-order chi connectivity index (χ0) is 22.1. The van der Waals surface area contributed by atoms with Crippen molar-refractivity contribution >= 4 is 39.0 Å². The fourth-order valence-electron chi connectivity index (χ4n) is 4.26. The van der Waals surface area contributed by atoms with Crippen LogP contribution in [0.4, 0.5) is 0 Å². The summed E-state index contributed by atoms with van der Waals surface area (Å²) in [6.07, 6.45) is 6.00. The zero-order valence-electron chi connectivity index (χ0n) is 17.7. The number of fused-ring (bicyclic) bond motifs is 2. The SMILES string of the molecule is COCCNC(=O)c1sc2ccccc2c1[C@H]1CCN(C(=O)c2cn3cccnc3n2)C1. The number of nitrogens with zero attached hydrogens (tertiary/aromatic N) is 4. The van der Waals surface area contributed by atoms with Gasteiger partial charge in [-0.25, -0.2) is 9.97 Å². The van der Waals surface area contributed by atoms with Crippen LogP contribution < -0.4 is 5.32 Å². The number of likely N-dealkylation sites (tertiary alicyclic amines) is 1. The lowest BCUT2D eigenvalue weighted by Crippen LogP contribution is -2.29. The molecule has 5 rings (SSSR count). The normalized spacial score (nSPS) is 16.2. The molecule has 0 bridgehead atoms. The molecule has 1 saturated heterocycles. The number of imidazole rings is 1. The second kappa shape index (κ2) is 8.68. The second-order valence-electron chi connectivity index (χ2n) is 7.78. The maximum Gasteiger partial charge on any atom is 0.274 e. The minimum Gasteiger partial charge on any atom is -0.383 e. The molecule has 0 saturated carbocycles. The van der Waals surface area contributed by atoms with E-state index in [0.29, 0.717) is 37.7 Å². The van der Waals surface area contributed by atoms with Crippen molar-refractivity contribution in [3.63, 3.8) is 0 Å². The summed E-state index contributed by atoms with van der Waals surface area (Å²) in [5.74, 6) is 0.400. The lowest BCUT2D eigenvalue weighted by atomic mass is 9.95. The predicted octanol–water partition coefficient (Wildman–Crippen LogP) is 2.95. The Labute approximate surface area is 188 Å². The summed E-state index contributed by atoms with van der Waals surface area (Å²) in [5, 5.41) is 4.03. The van der Waals surface area contributed by atoms with Crippen molar-refractivity contribution < 1.29 is 14.3 Å². The Hall–Kier alpha value is -3.30. The number of methoxy groups -OCH3 is 1. The molecule has 0 radical (unpaired) electrons. The van der Waals surface area contributed by atoms with Crippen molar-refractivity contribution in [2.45, 2.75) is 12.3 Å². The molecule has 1 aromatic carbocycles. The first-order valence-corrected chi connectivity index (χ1v) is 11.3. The van der Waals surface area contributed by atoms with Crippen LogP contribution in [0.5, 0.6) is 0 Å². The number of nitrogens with one attached hydrogen (secondary N) is 1. The van der Waals surface area contributed by atoms with Gasteiger partial charge in [-0.05, 0) is 29.5 Å². The summed E-state index contributed by atoms with van der Waals surface area (Å²) in [6, 6.07) is 9.88. The first kappa shape index (κ1) is 20.6. The van der Waals surface area contributed by atoms with Gasteiger partial charge in [-0.2, -0.15) is 0 Å². The van der Waals surface area contributed by atoms with Crippen LogP contribution in [0, 0.1) is 0 Å². The van der Waals surface area contributed by atoms with Gasteiger partial charge in [-0.1, -0.05) is 18.2 Å². The van der Waals surface area contributed by atoms with E-state index in [2.05, 4.69) is 21.4 Å². The van der Waals surface area contributed by atoms with Crippen LogP contribution in [-0.4, -0.2) is 64.4 Å². The molecular weight excluding hydrogens is 426 g/mol. The standard InChI is InChI=1S/C23H23N5O3S/c1-31-12-9-24-21(29)20-19(16-5-2-3-6-18(16)32-20)15-7-11-27(13-15)22(30)17-14-28-10-4-8-25-23(28)26-17/h2-6,8,10,14-15H,7,9,11-13H2,1H3,(H,24,29)/t15-/m0/s1. The molecule has 0 spiro atoms. The first-order valence-electron chi connectivity index (χ1n) is 10.5. The van der Waals surface area contributed by atoms with Crippen molar-refractivity contribution in [1.82, 2.24) is 24.6 Å². The Balaban J connectivity index is 1.41. The summed E-state index contributed by atoms with van der Waals surface area (Å²) < 4.78 is 7.88. The van der Waals surface area contributed by atoms with E-state index in [0.717, 1.165) is 26.9 Å². The highest BCUT2D eigenvalue weighted by Gasteiger charge is 2.33. The van der Waals surface area contributed by atoms with Crippen molar-refractivity contribution in [2.75, 3.05) is 33.4 Å². The molecule has 1 aliphatic rings. The number of ether oxygens (including phenoxy) is 1. The van der Waals surface area contributed by atoms with Gasteiger partial charge in [0.1, 0.15) is 5.69 Å². The quantitative estimate of drug-likeness (QED) is 0.457. The zero-order valence-corrected chi connectivity index (χ0v) is 18.5. The van der Waals surface area contributed by atoms with Crippen LogP contribution in [0.1, 0.15) is 38.1 Å². The molecule has 1 N–H and O–H groups in total. The van der Waals surface area contributed by atoms with Crippen molar-refractivity contribution in [2.24, 2.45) is 0 Å². The van der Waals surface area contributed by atoms with Gasteiger partial charge in [0, 0.05) is 56.0 Å². The Kier molecular flexibility index (Phi) is 5.59. The number of hydrogen-bond donors (Lipinski definition) is 1. The van der Waals surface area contributed by atoms with E-state index < -0.39 is 0 Å². The second-order valence-corrected chi connectivity index (χ2v) is 8.83. The average Bonchev–Trinajstić information content (AvgIpc) is 3.54. The van der Waals surface area contributed by atoms with Crippen LogP contribution in [-0.2, 0) is 4.74 Å². The number of hydrogen-bond acceptors (Lipinski definition) is 6. The van der Waals surface area contributed by atoms with Crippen LogP contribution in [0.2, 0.25) is 0 Å². The van der Waals surface area contributed by atoms with Crippen LogP contribution in [0.3, 0.4) is 0 Å². The summed E-state index contributed by atoms with van der Waals surface area (Å²) >= 11 is 1.51. The minimum absolute atomic E-state index is 0.0885. The molecule has 32 heavy (non-hydrogen) atoms. The third-order valence-electron chi connectivity index (χ3n) is 5.77. The maximum atomic E-state index is 13.1. The number of carbonyl (C=O) groups is 2. The van der Waals surface area contributed by atoms with E-state index in [4.69, 9.17) is 4.74 Å². The fourth-order valence-corrected chi connectivity index (χ4v) is 5.47. The van der Waals surface area contributed by atoms with Crippen LogP contribution in [0.15, 0.2) is 48.9 Å². The molecule has 2 amide bonds. The summed E-state index contributed by atoms with van der Waals surface area (Å²) in [4.78, 5) is 37.2. The molecular formula is C23H23N5O3S. The van der Waals surface area contributed by atoms with Gasteiger partial charge in [0.2, 0.25) is 5.78 Å². The lowest BCUT2D eigenvalue weighted by Gasteiger charge is -2.16. The van der Waals surface area contributed by atoms with E-state index in [1.165, 1.54) is 11.3 Å². The number of aromatic nitrogens is 3. The number of rotatable bonds is 6. The van der Waals surface area contributed by atoms with Gasteiger partial charge in [-0.15, -0.1) is 11.3 Å². The van der Waals surface area contributed by atoms with E-state index in [1.54, 1.807) is 30.0 Å². The van der Waals surface area contributed by atoms with Crippen molar-refractivity contribution in [3.05, 3.63) is 65.1 Å². The monoisotopic (exact) mass is 449 g/mol. The van der Waals surface area contributed by atoms with Gasteiger partial charge in [0.05, 0.1) is 11.5 Å². The summed E-state index contributed by atoms with van der Waals surface area (Å²) in [6.45, 7) is 2.10.